The number of hydrogen-bond acceptors (Lipinski definition) is 2. The fourth-order valence-corrected chi connectivity index (χ4v) is 2.64. The molecule has 3 rings (SSSR count). The molecule has 2 aromatic carbocycles. The van der Waals surface area contributed by atoms with E-state index in [1.807, 2.05) is 35.8 Å². The molecule has 0 saturated carbocycles. The van der Waals surface area contributed by atoms with E-state index in [4.69, 9.17) is 17.0 Å². The summed E-state index contributed by atoms with van der Waals surface area (Å²) in [6.45, 7) is 4.73. The minimum absolute atomic E-state index is 0.672. The first-order chi connectivity index (χ1) is 9.69. The van der Waals surface area contributed by atoms with Gasteiger partial charge in [0.2, 0.25) is 0 Å². The number of ether oxygens (including phenoxy) is 1. The Hall–Kier alpha value is -2.07. The van der Waals surface area contributed by atoms with Crippen molar-refractivity contribution in [3.63, 3.8) is 0 Å². The van der Waals surface area contributed by atoms with Crippen molar-refractivity contribution >= 4 is 23.3 Å². The fourth-order valence-electron chi connectivity index (χ4n) is 2.33. The van der Waals surface area contributed by atoms with Gasteiger partial charge in [0, 0.05) is 5.69 Å². The maximum absolute atomic E-state index is 5.47. The van der Waals surface area contributed by atoms with Crippen LogP contribution in [0.3, 0.4) is 0 Å². The number of benzene rings is 2. The Morgan fingerprint density at radius 3 is 2.60 bits per heavy atom. The molecule has 0 aliphatic carbocycles. The van der Waals surface area contributed by atoms with E-state index in [2.05, 4.69) is 30.1 Å². The van der Waals surface area contributed by atoms with Crippen LogP contribution in [0, 0.1) is 11.7 Å². The quantitative estimate of drug-likeness (QED) is 0.723. The van der Waals surface area contributed by atoms with Crippen LogP contribution in [0.4, 0.5) is 0 Å². The van der Waals surface area contributed by atoms with Crippen molar-refractivity contribution in [2.75, 3.05) is 6.61 Å². The average molecular weight is 284 g/mol. The van der Waals surface area contributed by atoms with Gasteiger partial charge in [-0.15, -0.1) is 0 Å². The maximum Gasteiger partial charge on any atom is 0.182 e. The SMILES string of the molecule is CCOc1ccc(-n2c(=S)[nH]c3ccc(C)cc32)cc1. The van der Waals surface area contributed by atoms with Gasteiger partial charge in [0.15, 0.2) is 4.77 Å². The van der Waals surface area contributed by atoms with E-state index in [-0.39, 0.29) is 0 Å². The van der Waals surface area contributed by atoms with Gasteiger partial charge in [-0.1, -0.05) is 6.07 Å². The monoisotopic (exact) mass is 284 g/mol. The number of nitrogens with zero attached hydrogens (tertiary/aromatic N) is 1. The topological polar surface area (TPSA) is 29.9 Å². The van der Waals surface area contributed by atoms with Crippen LogP contribution in [0.1, 0.15) is 12.5 Å². The number of fused-ring (bicyclic) bond motifs is 1. The van der Waals surface area contributed by atoms with E-state index >= 15 is 0 Å². The second-order valence-corrected chi connectivity index (χ2v) is 5.10. The molecular weight excluding hydrogens is 268 g/mol. The molecule has 0 bridgehead atoms. The van der Waals surface area contributed by atoms with Gasteiger partial charge in [0.05, 0.1) is 17.6 Å². The first-order valence-electron chi connectivity index (χ1n) is 6.63. The number of hydrogen-bond donors (Lipinski definition) is 1. The summed E-state index contributed by atoms with van der Waals surface area (Å²) in [6, 6.07) is 14.3. The van der Waals surface area contributed by atoms with Gasteiger partial charge in [-0.25, -0.2) is 0 Å². The second kappa shape index (κ2) is 5.13. The van der Waals surface area contributed by atoms with Crippen LogP contribution in [0.2, 0.25) is 0 Å². The van der Waals surface area contributed by atoms with E-state index in [1.54, 1.807) is 0 Å². The number of H-pyrrole nitrogens is 1. The molecule has 0 unspecified atom stereocenters. The molecule has 1 N–H and O–H groups in total. The first-order valence-corrected chi connectivity index (χ1v) is 7.04. The summed E-state index contributed by atoms with van der Waals surface area (Å²) in [4.78, 5) is 3.24. The molecule has 0 atom stereocenters. The largest absolute Gasteiger partial charge is 0.494 e. The number of rotatable bonds is 3. The maximum atomic E-state index is 5.47. The van der Waals surface area contributed by atoms with Crippen LogP contribution in [-0.4, -0.2) is 16.2 Å². The molecule has 0 aliphatic heterocycles. The Labute approximate surface area is 122 Å². The third-order valence-corrected chi connectivity index (χ3v) is 3.53. The number of aromatic nitrogens is 2. The van der Waals surface area contributed by atoms with Crippen molar-refractivity contribution in [2.24, 2.45) is 0 Å². The lowest BCUT2D eigenvalue weighted by Crippen LogP contribution is -1.95. The summed E-state index contributed by atoms with van der Waals surface area (Å²) in [5.41, 5.74) is 4.40. The predicted molar refractivity (Wildman–Crippen MR) is 84.4 cm³/mol. The molecular formula is C16H16N2OS. The molecule has 102 valence electrons. The molecule has 3 nitrogen and oxygen atoms in total. The fraction of sp³-hybridized carbons (Fsp3) is 0.188. The van der Waals surface area contributed by atoms with Gasteiger partial charge in [0.25, 0.3) is 0 Å². The highest BCUT2D eigenvalue weighted by Crippen LogP contribution is 2.22. The van der Waals surface area contributed by atoms with Gasteiger partial charge in [0.1, 0.15) is 5.75 Å². The van der Waals surface area contributed by atoms with Crippen molar-refractivity contribution in [3.05, 3.63) is 52.8 Å². The van der Waals surface area contributed by atoms with E-state index in [0.29, 0.717) is 11.4 Å². The number of aromatic amines is 1. The molecule has 0 amide bonds. The normalized spacial score (nSPS) is 10.9. The highest BCUT2D eigenvalue weighted by Gasteiger charge is 2.06. The van der Waals surface area contributed by atoms with Crippen molar-refractivity contribution < 1.29 is 4.74 Å². The summed E-state index contributed by atoms with van der Waals surface area (Å²) in [5, 5.41) is 0. The van der Waals surface area contributed by atoms with E-state index < -0.39 is 0 Å². The van der Waals surface area contributed by atoms with Crippen LogP contribution in [0.5, 0.6) is 5.75 Å². The second-order valence-electron chi connectivity index (χ2n) is 4.71. The number of aryl methyl sites for hydroxylation is 1. The lowest BCUT2D eigenvalue weighted by molar-refractivity contribution is 0.340. The molecule has 0 saturated heterocycles. The molecule has 0 fully saturated rings. The van der Waals surface area contributed by atoms with Gasteiger partial charge in [-0.3, -0.25) is 4.57 Å². The summed E-state index contributed by atoms with van der Waals surface area (Å²) >= 11 is 5.44. The first kappa shape index (κ1) is 12.9. The van der Waals surface area contributed by atoms with Crippen LogP contribution in [0.25, 0.3) is 16.7 Å². The Balaban J connectivity index is 2.15. The third kappa shape index (κ3) is 2.23. The molecule has 0 aliphatic rings. The summed E-state index contributed by atoms with van der Waals surface area (Å²) in [6.07, 6.45) is 0. The standard InChI is InChI=1S/C16H16N2OS/c1-3-19-13-7-5-12(6-8-13)18-15-10-11(2)4-9-14(15)17-16(18)20/h4-10H,3H2,1-2H3,(H,17,20). The predicted octanol–water partition coefficient (Wildman–Crippen LogP) is 4.40. The lowest BCUT2D eigenvalue weighted by atomic mass is 10.2. The van der Waals surface area contributed by atoms with Crippen LogP contribution in [0.15, 0.2) is 42.5 Å². The Kier molecular flexibility index (Phi) is 3.32. The molecule has 1 aromatic heterocycles. The summed E-state index contributed by atoms with van der Waals surface area (Å²) in [5.74, 6) is 0.874. The third-order valence-electron chi connectivity index (χ3n) is 3.24. The van der Waals surface area contributed by atoms with Gasteiger partial charge in [-0.2, -0.15) is 0 Å². The van der Waals surface area contributed by atoms with Crippen molar-refractivity contribution in [1.29, 1.82) is 0 Å². The van der Waals surface area contributed by atoms with E-state index in [9.17, 15) is 0 Å². The Morgan fingerprint density at radius 1 is 1.15 bits per heavy atom. The van der Waals surface area contributed by atoms with Gasteiger partial charge < -0.3 is 9.72 Å². The summed E-state index contributed by atoms with van der Waals surface area (Å²) < 4.78 is 8.22. The van der Waals surface area contributed by atoms with E-state index in [0.717, 1.165) is 22.5 Å². The zero-order chi connectivity index (χ0) is 14.1. The lowest BCUT2D eigenvalue weighted by Gasteiger charge is -2.07. The number of nitrogens with one attached hydrogen (secondary N) is 1. The number of imidazole rings is 1. The summed E-state index contributed by atoms with van der Waals surface area (Å²) in [7, 11) is 0. The molecule has 1 heterocycles. The van der Waals surface area contributed by atoms with E-state index in [1.165, 1.54) is 5.56 Å². The van der Waals surface area contributed by atoms with Crippen molar-refractivity contribution in [1.82, 2.24) is 9.55 Å². The Bertz CT molecular complexity index is 799. The molecule has 0 radical (unpaired) electrons. The molecule has 4 heteroatoms. The highest BCUT2D eigenvalue weighted by atomic mass is 32.1. The average Bonchev–Trinajstić information content (AvgIpc) is 2.76. The molecule has 0 spiro atoms. The van der Waals surface area contributed by atoms with Crippen LogP contribution < -0.4 is 4.74 Å². The smallest absolute Gasteiger partial charge is 0.182 e. The zero-order valence-electron chi connectivity index (χ0n) is 11.5. The minimum Gasteiger partial charge on any atom is -0.494 e. The highest BCUT2D eigenvalue weighted by molar-refractivity contribution is 7.71. The van der Waals surface area contributed by atoms with Crippen molar-refractivity contribution in [3.8, 4) is 11.4 Å². The molecule has 3 aromatic rings. The zero-order valence-corrected chi connectivity index (χ0v) is 12.3. The van der Waals surface area contributed by atoms with Crippen LogP contribution >= 0.6 is 12.2 Å². The van der Waals surface area contributed by atoms with Gasteiger partial charge >= 0.3 is 0 Å². The van der Waals surface area contributed by atoms with Crippen LogP contribution in [-0.2, 0) is 0 Å². The minimum atomic E-state index is 0.672. The van der Waals surface area contributed by atoms with Crippen molar-refractivity contribution in [2.45, 2.75) is 13.8 Å². The molecule has 20 heavy (non-hydrogen) atoms. The Morgan fingerprint density at radius 2 is 1.90 bits per heavy atom. The van der Waals surface area contributed by atoms with Gasteiger partial charge in [-0.05, 0) is 68.0 Å².